The van der Waals surface area contributed by atoms with Gasteiger partial charge >= 0.3 is 0 Å². The van der Waals surface area contributed by atoms with E-state index in [9.17, 15) is 10.2 Å². The van der Waals surface area contributed by atoms with Crippen LogP contribution in [0.1, 0.15) is 11.9 Å². The molecule has 0 atom stereocenters. The van der Waals surface area contributed by atoms with E-state index in [1.165, 1.54) is 10.6 Å². The van der Waals surface area contributed by atoms with Crippen molar-refractivity contribution >= 4 is 23.8 Å². The molecule has 22 heavy (non-hydrogen) atoms. The number of aliphatic hydroxyl groups is 2. The minimum atomic E-state index is -1.46. The van der Waals surface area contributed by atoms with E-state index >= 15 is 0 Å². The van der Waals surface area contributed by atoms with Crippen molar-refractivity contribution in [2.24, 2.45) is 0 Å². The van der Waals surface area contributed by atoms with Gasteiger partial charge in [-0.25, -0.2) is 0 Å². The molecule has 0 aliphatic rings. The molecule has 0 spiro atoms. The minimum Gasteiger partial charge on any atom is -0.364 e. The summed E-state index contributed by atoms with van der Waals surface area (Å²) in [5.74, 6) is 0. The Bertz CT molecular complexity index is 687. The molecule has 0 unspecified atom stereocenters. The van der Waals surface area contributed by atoms with Gasteiger partial charge in [-0.2, -0.15) is 0 Å². The van der Waals surface area contributed by atoms with Gasteiger partial charge in [0.1, 0.15) is 0 Å². The van der Waals surface area contributed by atoms with Crippen LogP contribution in [-0.4, -0.2) is 10.2 Å². The molecule has 2 nitrogen and oxygen atoms in total. The summed E-state index contributed by atoms with van der Waals surface area (Å²) in [5, 5.41) is 22.8. The lowest BCUT2D eigenvalue weighted by atomic mass is 10.2. The van der Waals surface area contributed by atoms with Crippen LogP contribution in [-0.2, 0) is 0 Å². The fraction of sp³-hybridized carbons (Fsp3) is 0.0526. The summed E-state index contributed by atoms with van der Waals surface area (Å²) in [4.78, 5) is 0. The average molecular weight is 308 g/mol. The lowest BCUT2D eigenvalue weighted by Crippen LogP contribution is -2.24. The van der Waals surface area contributed by atoms with Crippen molar-refractivity contribution in [3.63, 3.8) is 0 Å². The van der Waals surface area contributed by atoms with Crippen molar-refractivity contribution in [3.8, 4) is 0 Å². The van der Waals surface area contributed by atoms with Crippen LogP contribution >= 0.6 is 7.92 Å². The fourth-order valence-electron chi connectivity index (χ4n) is 2.49. The maximum absolute atomic E-state index is 9.71. The SMILES string of the molecule is OC(O)c1ccccc1P(c1ccccc1)c1ccccc1. The Kier molecular flexibility index (Phi) is 4.65. The van der Waals surface area contributed by atoms with Crippen molar-refractivity contribution in [1.82, 2.24) is 0 Å². The van der Waals surface area contributed by atoms with E-state index in [4.69, 9.17) is 0 Å². The van der Waals surface area contributed by atoms with Crippen LogP contribution in [0.4, 0.5) is 0 Å². The van der Waals surface area contributed by atoms with Crippen molar-refractivity contribution < 1.29 is 10.2 Å². The summed E-state index contributed by atoms with van der Waals surface area (Å²) in [6, 6.07) is 28.0. The number of benzene rings is 3. The van der Waals surface area contributed by atoms with Crippen LogP contribution in [0.5, 0.6) is 0 Å². The largest absolute Gasteiger partial charge is 0.364 e. The quantitative estimate of drug-likeness (QED) is 0.574. The molecule has 0 heterocycles. The van der Waals surface area contributed by atoms with E-state index < -0.39 is 14.2 Å². The molecule has 3 rings (SSSR count). The van der Waals surface area contributed by atoms with Gasteiger partial charge in [-0.15, -0.1) is 0 Å². The van der Waals surface area contributed by atoms with Gasteiger partial charge < -0.3 is 10.2 Å². The van der Waals surface area contributed by atoms with Gasteiger partial charge in [-0.1, -0.05) is 84.9 Å². The first kappa shape index (κ1) is 14.9. The molecular formula is C19H17O2P. The molecule has 3 aromatic carbocycles. The topological polar surface area (TPSA) is 40.5 Å². The van der Waals surface area contributed by atoms with Gasteiger partial charge in [0, 0.05) is 5.56 Å². The van der Waals surface area contributed by atoms with E-state index in [2.05, 4.69) is 24.3 Å². The van der Waals surface area contributed by atoms with E-state index in [1.807, 2.05) is 54.6 Å². The van der Waals surface area contributed by atoms with Gasteiger partial charge in [-0.05, 0) is 23.8 Å². The van der Waals surface area contributed by atoms with Gasteiger partial charge in [0.15, 0.2) is 6.29 Å². The predicted octanol–water partition coefficient (Wildman–Crippen LogP) is 2.43. The third-order valence-electron chi connectivity index (χ3n) is 3.48. The first-order valence-corrected chi connectivity index (χ1v) is 8.47. The lowest BCUT2D eigenvalue weighted by Gasteiger charge is -2.22. The summed E-state index contributed by atoms with van der Waals surface area (Å²) < 4.78 is 0. The lowest BCUT2D eigenvalue weighted by molar-refractivity contribution is -0.0416. The molecule has 110 valence electrons. The van der Waals surface area contributed by atoms with E-state index in [-0.39, 0.29) is 0 Å². The van der Waals surface area contributed by atoms with Crippen LogP contribution in [0.15, 0.2) is 84.9 Å². The van der Waals surface area contributed by atoms with Crippen LogP contribution in [0.25, 0.3) is 0 Å². The Morgan fingerprint density at radius 1 is 0.591 bits per heavy atom. The van der Waals surface area contributed by atoms with Crippen molar-refractivity contribution in [3.05, 3.63) is 90.5 Å². The molecule has 0 aliphatic heterocycles. The first-order chi connectivity index (χ1) is 10.8. The highest BCUT2D eigenvalue weighted by molar-refractivity contribution is 7.79. The van der Waals surface area contributed by atoms with Gasteiger partial charge in [0.05, 0.1) is 0 Å². The zero-order valence-electron chi connectivity index (χ0n) is 12.0. The van der Waals surface area contributed by atoms with Crippen LogP contribution in [0.3, 0.4) is 0 Å². The maximum atomic E-state index is 9.71. The highest BCUT2D eigenvalue weighted by Gasteiger charge is 2.21. The van der Waals surface area contributed by atoms with Gasteiger partial charge in [0.2, 0.25) is 0 Å². The molecule has 0 radical (unpaired) electrons. The highest BCUT2D eigenvalue weighted by Crippen LogP contribution is 2.34. The molecular weight excluding hydrogens is 291 g/mol. The minimum absolute atomic E-state index is 0.571. The summed E-state index contributed by atoms with van der Waals surface area (Å²) in [6.45, 7) is 0. The number of hydrogen-bond donors (Lipinski definition) is 2. The standard InChI is InChI=1S/C19H17O2P/c20-19(21)17-13-7-8-14-18(17)22(15-9-3-1-4-10-15)16-11-5-2-6-12-16/h1-14,19-21H. The predicted molar refractivity (Wildman–Crippen MR) is 92.3 cm³/mol. The Balaban J connectivity index is 2.19. The van der Waals surface area contributed by atoms with Crippen molar-refractivity contribution in [2.45, 2.75) is 6.29 Å². The number of hydrogen-bond acceptors (Lipinski definition) is 2. The Labute approximate surface area is 131 Å². The Morgan fingerprint density at radius 3 is 1.55 bits per heavy atom. The molecule has 0 aromatic heterocycles. The van der Waals surface area contributed by atoms with Crippen LogP contribution < -0.4 is 15.9 Å². The second kappa shape index (κ2) is 6.85. The first-order valence-electron chi connectivity index (χ1n) is 7.12. The second-order valence-electron chi connectivity index (χ2n) is 4.94. The number of rotatable bonds is 4. The average Bonchev–Trinajstić information content (AvgIpc) is 2.57. The van der Waals surface area contributed by atoms with E-state index in [0.29, 0.717) is 5.56 Å². The Morgan fingerprint density at radius 2 is 1.05 bits per heavy atom. The molecule has 0 fully saturated rings. The molecule has 0 bridgehead atoms. The zero-order valence-corrected chi connectivity index (χ0v) is 12.9. The monoisotopic (exact) mass is 308 g/mol. The summed E-state index contributed by atoms with van der Waals surface area (Å²) in [6.07, 6.45) is -1.46. The van der Waals surface area contributed by atoms with E-state index in [1.54, 1.807) is 6.07 Å². The Hall–Kier alpha value is -1.99. The molecule has 2 N–H and O–H groups in total. The fourth-order valence-corrected chi connectivity index (χ4v) is 4.97. The molecule has 0 saturated heterocycles. The molecule has 0 amide bonds. The summed E-state index contributed by atoms with van der Waals surface area (Å²) >= 11 is 0. The summed E-state index contributed by atoms with van der Waals surface area (Å²) in [7, 11) is -0.819. The zero-order chi connectivity index (χ0) is 15.4. The third-order valence-corrected chi connectivity index (χ3v) is 6.00. The molecule has 3 heteroatoms. The third kappa shape index (κ3) is 3.10. The summed E-state index contributed by atoms with van der Waals surface area (Å²) in [5.41, 5.74) is 0.571. The van der Waals surface area contributed by atoms with Crippen LogP contribution in [0.2, 0.25) is 0 Å². The van der Waals surface area contributed by atoms with Crippen LogP contribution in [0, 0.1) is 0 Å². The highest BCUT2D eigenvalue weighted by atomic mass is 31.1. The van der Waals surface area contributed by atoms with Crippen molar-refractivity contribution in [1.29, 1.82) is 0 Å². The molecule has 0 saturated carbocycles. The molecule has 0 aliphatic carbocycles. The van der Waals surface area contributed by atoms with Crippen molar-refractivity contribution in [2.75, 3.05) is 0 Å². The maximum Gasteiger partial charge on any atom is 0.179 e. The molecule has 3 aromatic rings. The van der Waals surface area contributed by atoms with E-state index in [0.717, 1.165) is 5.30 Å². The second-order valence-corrected chi connectivity index (χ2v) is 7.12. The normalized spacial score (nSPS) is 11.1. The van der Waals surface area contributed by atoms with Gasteiger partial charge in [-0.3, -0.25) is 0 Å². The number of aliphatic hydroxyl groups excluding tert-OH is 1. The van der Waals surface area contributed by atoms with Gasteiger partial charge in [0.25, 0.3) is 0 Å². The smallest absolute Gasteiger partial charge is 0.179 e.